The maximum absolute atomic E-state index is 13.8. The Bertz CT molecular complexity index is 1530. The largest absolute Gasteiger partial charge is 0.497 e. The van der Waals surface area contributed by atoms with Gasteiger partial charge in [-0.2, -0.15) is 0 Å². The molecule has 14 heteroatoms. The van der Waals surface area contributed by atoms with Gasteiger partial charge >= 0.3 is 0 Å². The summed E-state index contributed by atoms with van der Waals surface area (Å²) in [5, 5.41) is 3.80. The van der Waals surface area contributed by atoms with Gasteiger partial charge in [0.05, 0.1) is 24.9 Å². The van der Waals surface area contributed by atoms with E-state index in [0.717, 1.165) is 10.8 Å². The summed E-state index contributed by atoms with van der Waals surface area (Å²) in [6.07, 6.45) is 2.43. The van der Waals surface area contributed by atoms with E-state index in [1.165, 1.54) is 4.90 Å². The van der Waals surface area contributed by atoms with Crippen LogP contribution in [0.2, 0.25) is 0 Å². The standard InChI is InChI=1S/C28H36IN5O7S/c1-27(2,3)22(30)25(36)34-14-17(41-24-19-8-5-16(40-4)11-15(19)9-10-31-24)12-20(34)23(35)32-28(13-21(28)29)26(37)33-42(38,39)18-6-7-18/h5,8-11,17-18,20-22H,6-7,12-14,30H2,1-4H3,(H,32,35)(H,33,37)/t17-,20+,21-,22-,28-/m1/s1. The molecule has 42 heavy (non-hydrogen) atoms. The lowest BCUT2D eigenvalue weighted by molar-refractivity contribution is -0.142. The number of amides is 3. The number of methoxy groups -OCH3 is 1. The molecule has 0 radical (unpaired) electrons. The fraction of sp³-hybridized carbons (Fsp3) is 0.571. The van der Waals surface area contributed by atoms with E-state index in [1.54, 1.807) is 19.4 Å². The highest BCUT2D eigenvalue weighted by Gasteiger charge is 2.62. The number of halogens is 1. The molecule has 4 N–H and O–H groups in total. The molecular weight excluding hydrogens is 677 g/mol. The SMILES string of the molecule is COc1ccc2c(O[C@@H]3C[C@@H](C(=O)N[C@]4(C(=O)NS(=O)(=O)C5CC5)C[C@H]4I)N(C(=O)[C@@H](N)C(C)(C)C)C3)nccc2c1. The lowest BCUT2D eigenvalue weighted by atomic mass is 9.86. The van der Waals surface area contributed by atoms with Gasteiger partial charge in [-0.25, -0.2) is 13.4 Å². The number of benzene rings is 1. The van der Waals surface area contributed by atoms with Gasteiger partial charge in [-0.15, -0.1) is 0 Å². The molecule has 1 aliphatic heterocycles. The third-order valence-corrected chi connectivity index (χ3v) is 11.4. The minimum Gasteiger partial charge on any atom is -0.497 e. The van der Waals surface area contributed by atoms with Gasteiger partial charge in [0, 0.05) is 21.9 Å². The third kappa shape index (κ3) is 6.02. The summed E-state index contributed by atoms with van der Waals surface area (Å²) in [6, 6.07) is 5.44. The van der Waals surface area contributed by atoms with Crippen molar-refractivity contribution in [3.63, 3.8) is 0 Å². The zero-order valence-corrected chi connectivity index (χ0v) is 26.9. The number of nitrogens with one attached hydrogen (secondary N) is 2. The Morgan fingerprint density at radius 1 is 1.21 bits per heavy atom. The molecule has 3 aliphatic rings. The number of fused-ring (bicyclic) bond motifs is 1. The molecule has 1 aromatic carbocycles. The molecule has 12 nitrogen and oxygen atoms in total. The monoisotopic (exact) mass is 713 g/mol. The average molecular weight is 714 g/mol. The van der Waals surface area contributed by atoms with E-state index in [1.807, 2.05) is 61.6 Å². The fourth-order valence-corrected chi connectivity index (χ4v) is 7.56. The molecule has 1 saturated heterocycles. The van der Waals surface area contributed by atoms with Crippen molar-refractivity contribution in [2.45, 2.75) is 79.4 Å². The van der Waals surface area contributed by atoms with Crippen LogP contribution in [0, 0.1) is 5.41 Å². The number of sulfonamides is 1. The Hall–Kier alpha value is -2.72. The molecule has 228 valence electrons. The van der Waals surface area contributed by atoms with Crippen molar-refractivity contribution in [1.29, 1.82) is 0 Å². The number of aromatic nitrogens is 1. The van der Waals surface area contributed by atoms with Crippen molar-refractivity contribution in [2.24, 2.45) is 11.1 Å². The molecule has 5 rings (SSSR count). The van der Waals surface area contributed by atoms with E-state index in [4.69, 9.17) is 15.2 Å². The zero-order chi connectivity index (χ0) is 30.6. The number of likely N-dealkylation sites (tertiary alicyclic amines) is 1. The number of carbonyl (C=O) groups excluding carboxylic acids is 3. The molecule has 2 aromatic rings. The van der Waals surface area contributed by atoms with Gasteiger partial charge < -0.3 is 25.4 Å². The van der Waals surface area contributed by atoms with Crippen molar-refractivity contribution in [2.75, 3.05) is 13.7 Å². The molecule has 3 fully saturated rings. The minimum atomic E-state index is -3.80. The second-order valence-electron chi connectivity index (χ2n) is 12.3. The lowest BCUT2D eigenvalue weighted by Gasteiger charge is -2.33. The van der Waals surface area contributed by atoms with Gasteiger partial charge in [0.25, 0.3) is 5.91 Å². The van der Waals surface area contributed by atoms with Crippen LogP contribution >= 0.6 is 22.6 Å². The summed E-state index contributed by atoms with van der Waals surface area (Å²) < 4.78 is 38.3. The predicted molar refractivity (Wildman–Crippen MR) is 164 cm³/mol. The van der Waals surface area contributed by atoms with Gasteiger partial charge in [0.1, 0.15) is 23.4 Å². The van der Waals surface area contributed by atoms with Gasteiger partial charge in [-0.1, -0.05) is 43.4 Å². The number of hydrogen-bond acceptors (Lipinski definition) is 9. The van der Waals surface area contributed by atoms with E-state index in [9.17, 15) is 22.8 Å². The maximum Gasteiger partial charge on any atom is 0.260 e. The van der Waals surface area contributed by atoms with Crippen LogP contribution in [-0.2, 0) is 24.4 Å². The Balaban J connectivity index is 1.38. The molecule has 0 unspecified atom stereocenters. The fourth-order valence-electron chi connectivity index (χ4n) is 5.06. The van der Waals surface area contributed by atoms with Crippen molar-refractivity contribution in [3.8, 4) is 11.6 Å². The highest BCUT2D eigenvalue weighted by atomic mass is 127. The molecule has 2 aliphatic carbocycles. The number of rotatable bonds is 9. The first-order valence-corrected chi connectivity index (χ1v) is 16.6. The summed E-state index contributed by atoms with van der Waals surface area (Å²) in [6.45, 7) is 5.60. The summed E-state index contributed by atoms with van der Waals surface area (Å²) >= 11 is 2.02. The molecule has 2 saturated carbocycles. The summed E-state index contributed by atoms with van der Waals surface area (Å²) in [7, 11) is -2.21. The molecule has 3 amide bonds. The Morgan fingerprint density at radius 2 is 1.90 bits per heavy atom. The number of hydrogen-bond donors (Lipinski definition) is 3. The molecule has 0 spiro atoms. The topological polar surface area (TPSA) is 170 Å². The molecule has 1 aromatic heterocycles. The number of nitrogens with zero attached hydrogens (tertiary/aromatic N) is 2. The van der Waals surface area contributed by atoms with Crippen molar-refractivity contribution >= 4 is 61.1 Å². The Labute approximate surface area is 258 Å². The first kappa shape index (κ1) is 30.7. The van der Waals surface area contributed by atoms with Crippen LogP contribution < -0.4 is 25.2 Å². The van der Waals surface area contributed by atoms with Gasteiger partial charge in [-0.3, -0.25) is 19.1 Å². The van der Waals surface area contributed by atoms with Crippen LogP contribution in [0.15, 0.2) is 30.5 Å². The maximum atomic E-state index is 13.8. The van der Waals surface area contributed by atoms with Crippen LogP contribution in [0.4, 0.5) is 0 Å². The van der Waals surface area contributed by atoms with Gasteiger partial charge in [-0.05, 0) is 54.3 Å². The number of alkyl halides is 1. The smallest absolute Gasteiger partial charge is 0.260 e. The van der Waals surface area contributed by atoms with Crippen LogP contribution in [0.1, 0.15) is 46.5 Å². The van der Waals surface area contributed by atoms with Crippen molar-refractivity contribution in [1.82, 2.24) is 19.9 Å². The third-order valence-electron chi connectivity index (χ3n) is 8.09. The van der Waals surface area contributed by atoms with E-state index in [2.05, 4.69) is 15.0 Å². The number of ether oxygens (including phenoxy) is 2. The number of carbonyl (C=O) groups is 3. The Kier molecular flexibility index (Phi) is 8.11. The van der Waals surface area contributed by atoms with Gasteiger partial charge in [0.2, 0.25) is 27.7 Å². The molecular formula is C28H36IN5O7S. The second kappa shape index (κ2) is 11.1. The average Bonchev–Trinajstić information content (AvgIpc) is 3.85. The van der Waals surface area contributed by atoms with Crippen LogP contribution in [0.25, 0.3) is 10.8 Å². The van der Waals surface area contributed by atoms with Crippen molar-refractivity contribution < 1.29 is 32.3 Å². The normalized spacial score (nSPS) is 26.4. The van der Waals surface area contributed by atoms with E-state index in [-0.39, 0.29) is 23.3 Å². The summed E-state index contributed by atoms with van der Waals surface area (Å²) in [4.78, 5) is 46.3. The highest BCUT2D eigenvalue weighted by Crippen LogP contribution is 2.44. The number of nitrogens with two attached hydrogens (primary N) is 1. The Morgan fingerprint density at radius 3 is 2.50 bits per heavy atom. The summed E-state index contributed by atoms with van der Waals surface area (Å²) in [5.41, 5.74) is 4.38. The van der Waals surface area contributed by atoms with E-state index in [0.29, 0.717) is 24.5 Å². The van der Waals surface area contributed by atoms with Crippen LogP contribution in [0.3, 0.4) is 0 Å². The molecule has 2 heterocycles. The lowest BCUT2D eigenvalue weighted by Crippen LogP contribution is -2.59. The summed E-state index contributed by atoms with van der Waals surface area (Å²) in [5.74, 6) is -0.705. The first-order chi connectivity index (χ1) is 19.7. The van der Waals surface area contributed by atoms with E-state index >= 15 is 0 Å². The van der Waals surface area contributed by atoms with Crippen molar-refractivity contribution in [3.05, 3.63) is 30.5 Å². The highest BCUT2D eigenvalue weighted by molar-refractivity contribution is 14.1. The quantitative estimate of drug-likeness (QED) is 0.258. The van der Waals surface area contributed by atoms with Gasteiger partial charge in [0.15, 0.2) is 0 Å². The zero-order valence-electron chi connectivity index (χ0n) is 23.9. The second-order valence-corrected chi connectivity index (χ2v) is 15.8. The first-order valence-electron chi connectivity index (χ1n) is 13.8. The predicted octanol–water partition coefficient (Wildman–Crippen LogP) is 1.64. The van der Waals surface area contributed by atoms with Crippen LogP contribution in [-0.4, -0.2) is 82.6 Å². The molecule has 0 bridgehead atoms. The number of pyridine rings is 1. The molecule has 5 atom stereocenters. The van der Waals surface area contributed by atoms with Crippen LogP contribution in [0.5, 0.6) is 11.6 Å². The minimum absolute atomic E-state index is 0.0812. The van der Waals surface area contributed by atoms with E-state index < -0.39 is 62.1 Å².